The second-order valence-corrected chi connectivity index (χ2v) is 12.2. The Morgan fingerprint density at radius 3 is 2.80 bits per heavy atom. The number of hydrogen-bond donors (Lipinski definition) is 0. The van der Waals surface area contributed by atoms with Gasteiger partial charge in [-0.3, -0.25) is 4.90 Å². The summed E-state index contributed by atoms with van der Waals surface area (Å²) in [5, 5.41) is 3.61. The molecule has 0 amide bonds. The standard InChI is InChI=1S/C36H33Cl2N3O3/c37-30-11-13-34(35(38)20-30)36(24-41-18-15-39-25-41)43-23-32(44-36)22-42-31-12-10-29-21-40(17-14-28(29)19-31)16-4-8-27-7-3-6-26-5-1-2-9-33(26)27/h1-13,15,18-20,25,32H,14,16-17,21-24H2/t32-,36-/m0/s1. The number of ether oxygens (including phenoxy) is 3. The van der Waals surface area contributed by atoms with Gasteiger partial charge in [0.2, 0.25) is 5.79 Å². The summed E-state index contributed by atoms with van der Waals surface area (Å²) in [4.78, 5) is 6.65. The maximum absolute atomic E-state index is 6.61. The molecule has 2 atom stereocenters. The minimum atomic E-state index is -1.07. The molecule has 7 rings (SSSR count). The molecule has 0 bridgehead atoms. The van der Waals surface area contributed by atoms with Crippen LogP contribution < -0.4 is 4.74 Å². The Morgan fingerprint density at radius 2 is 1.91 bits per heavy atom. The smallest absolute Gasteiger partial charge is 0.215 e. The van der Waals surface area contributed by atoms with Gasteiger partial charge in [-0.25, -0.2) is 4.98 Å². The van der Waals surface area contributed by atoms with Crippen LogP contribution in [0.25, 0.3) is 16.8 Å². The third-order valence-electron chi connectivity index (χ3n) is 8.34. The highest BCUT2D eigenvalue weighted by Crippen LogP contribution is 2.40. The van der Waals surface area contributed by atoms with E-state index in [1.807, 2.05) is 16.8 Å². The number of benzene rings is 4. The van der Waals surface area contributed by atoms with Crippen molar-refractivity contribution in [3.05, 3.63) is 136 Å². The van der Waals surface area contributed by atoms with E-state index in [4.69, 9.17) is 37.4 Å². The molecule has 2 aliphatic rings. The highest BCUT2D eigenvalue weighted by Gasteiger charge is 2.45. The van der Waals surface area contributed by atoms with Crippen LogP contribution in [0.3, 0.4) is 0 Å². The van der Waals surface area contributed by atoms with Gasteiger partial charge in [-0.05, 0) is 58.1 Å². The lowest BCUT2D eigenvalue weighted by atomic mass is 9.99. The van der Waals surface area contributed by atoms with Crippen LogP contribution in [0.15, 0.2) is 104 Å². The molecular formula is C36H33Cl2N3O3. The number of imidazole rings is 1. The summed E-state index contributed by atoms with van der Waals surface area (Å²) in [6, 6.07) is 26.8. The molecule has 8 heteroatoms. The van der Waals surface area contributed by atoms with Crippen molar-refractivity contribution in [3.63, 3.8) is 0 Å². The number of aromatic nitrogens is 2. The predicted octanol–water partition coefficient (Wildman–Crippen LogP) is 7.76. The molecule has 0 unspecified atom stereocenters. The minimum Gasteiger partial charge on any atom is -0.491 e. The van der Waals surface area contributed by atoms with Crippen molar-refractivity contribution in [2.45, 2.75) is 31.4 Å². The maximum atomic E-state index is 6.61. The van der Waals surface area contributed by atoms with Crippen LogP contribution in [0.2, 0.25) is 10.0 Å². The molecule has 0 radical (unpaired) electrons. The van der Waals surface area contributed by atoms with Crippen LogP contribution in [0.5, 0.6) is 5.75 Å². The number of halogens is 2. The van der Waals surface area contributed by atoms with Gasteiger partial charge in [0.25, 0.3) is 0 Å². The molecule has 0 saturated carbocycles. The molecule has 224 valence electrons. The Balaban J connectivity index is 0.970. The predicted molar refractivity (Wildman–Crippen MR) is 175 cm³/mol. The van der Waals surface area contributed by atoms with E-state index in [0.29, 0.717) is 29.8 Å². The van der Waals surface area contributed by atoms with Crippen molar-refractivity contribution in [2.24, 2.45) is 0 Å². The Hall–Kier alpha value is -3.65. The van der Waals surface area contributed by atoms with Gasteiger partial charge >= 0.3 is 0 Å². The molecule has 0 aliphatic carbocycles. The first-order chi connectivity index (χ1) is 21.5. The van der Waals surface area contributed by atoms with Crippen LogP contribution in [0.1, 0.15) is 22.3 Å². The van der Waals surface area contributed by atoms with E-state index in [9.17, 15) is 0 Å². The average molecular weight is 627 g/mol. The first-order valence-corrected chi connectivity index (χ1v) is 15.6. The van der Waals surface area contributed by atoms with Crippen molar-refractivity contribution in [1.29, 1.82) is 0 Å². The normalized spacial score (nSPS) is 20.4. The summed E-state index contributed by atoms with van der Waals surface area (Å²) in [6.07, 6.45) is 10.6. The third kappa shape index (κ3) is 6.27. The SMILES string of the molecule is Clc1ccc([C@@]2(Cn3ccnc3)OC[C@H](COc3ccc4c(c3)CCN(CC=Cc3cccc5ccccc35)C4)O2)c(Cl)c1. The molecule has 44 heavy (non-hydrogen) atoms. The molecule has 1 saturated heterocycles. The largest absolute Gasteiger partial charge is 0.491 e. The Labute approximate surface area is 267 Å². The summed E-state index contributed by atoms with van der Waals surface area (Å²) < 4.78 is 21.0. The summed E-state index contributed by atoms with van der Waals surface area (Å²) in [5.74, 6) is -0.231. The Morgan fingerprint density at radius 1 is 1.00 bits per heavy atom. The quantitative estimate of drug-likeness (QED) is 0.167. The average Bonchev–Trinajstić information content (AvgIpc) is 3.70. The highest BCUT2D eigenvalue weighted by molar-refractivity contribution is 6.35. The van der Waals surface area contributed by atoms with E-state index in [2.05, 4.69) is 82.7 Å². The van der Waals surface area contributed by atoms with Gasteiger partial charge in [0.15, 0.2) is 0 Å². The van der Waals surface area contributed by atoms with Gasteiger partial charge in [0, 0.05) is 42.6 Å². The fourth-order valence-corrected chi connectivity index (χ4v) is 6.67. The van der Waals surface area contributed by atoms with Crippen molar-refractivity contribution in [2.75, 3.05) is 26.3 Å². The Kier molecular flexibility index (Phi) is 8.43. The van der Waals surface area contributed by atoms with Crippen molar-refractivity contribution in [1.82, 2.24) is 14.5 Å². The van der Waals surface area contributed by atoms with E-state index < -0.39 is 5.79 Å². The number of fused-ring (bicyclic) bond motifs is 2. The first-order valence-electron chi connectivity index (χ1n) is 14.9. The van der Waals surface area contributed by atoms with Gasteiger partial charge in [-0.2, -0.15) is 0 Å². The lowest BCUT2D eigenvalue weighted by Gasteiger charge is -2.30. The minimum absolute atomic E-state index is 0.273. The monoisotopic (exact) mass is 625 g/mol. The molecule has 3 heterocycles. The summed E-state index contributed by atoms with van der Waals surface area (Å²) in [5.41, 5.74) is 4.67. The first kappa shape index (κ1) is 29.1. The lowest BCUT2D eigenvalue weighted by molar-refractivity contribution is -0.189. The van der Waals surface area contributed by atoms with Crippen LogP contribution in [-0.2, 0) is 34.8 Å². The molecule has 1 fully saturated rings. The van der Waals surface area contributed by atoms with E-state index in [1.54, 1.807) is 24.7 Å². The zero-order valence-electron chi connectivity index (χ0n) is 24.2. The molecule has 0 N–H and O–H groups in total. The Bertz CT molecular complexity index is 1790. The van der Waals surface area contributed by atoms with E-state index in [0.717, 1.165) is 37.4 Å². The number of rotatable bonds is 9. The van der Waals surface area contributed by atoms with Crippen LogP contribution in [0.4, 0.5) is 0 Å². The molecule has 0 spiro atoms. The topological polar surface area (TPSA) is 48.8 Å². The van der Waals surface area contributed by atoms with Crippen molar-refractivity contribution >= 4 is 40.1 Å². The maximum Gasteiger partial charge on any atom is 0.215 e. The fourth-order valence-electron chi connectivity index (χ4n) is 6.12. The second-order valence-electron chi connectivity index (χ2n) is 11.4. The molecule has 6 nitrogen and oxygen atoms in total. The summed E-state index contributed by atoms with van der Waals surface area (Å²) in [6.45, 7) is 3.98. The molecule has 4 aromatic carbocycles. The summed E-state index contributed by atoms with van der Waals surface area (Å²) in [7, 11) is 0. The third-order valence-corrected chi connectivity index (χ3v) is 8.89. The van der Waals surface area contributed by atoms with E-state index in [1.165, 1.54) is 27.5 Å². The van der Waals surface area contributed by atoms with Crippen LogP contribution in [-0.4, -0.2) is 46.9 Å². The highest BCUT2D eigenvalue weighted by atomic mass is 35.5. The number of nitrogens with zero attached hydrogens (tertiary/aromatic N) is 3. The van der Waals surface area contributed by atoms with Crippen LogP contribution >= 0.6 is 23.2 Å². The van der Waals surface area contributed by atoms with Crippen molar-refractivity contribution in [3.8, 4) is 5.75 Å². The van der Waals surface area contributed by atoms with E-state index >= 15 is 0 Å². The van der Waals surface area contributed by atoms with Gasteiger partial charge in [-0.15, -0.1) is 0 Å². The molecule has 2 aliphatic heterocycles. The zero-order chi connectivity index (χ0) is 29.9. The number of hydrogen-bond acceptors (Lipinski definition) is 5. The van der Waals surface area contributed by atoms with Gasteiger partial charge < -0.3 is 18.8 Å². The zero-order valence-corrected chi connectivity index (χ0v) is 25.8. The fraction of sp³-hybridized carbons (Fsp3) is 0.250. The molecular weight excluding hydrogens is 593 g/mol. The van der Waals surface area contributed by atoms with Crippen molar-refractivity contribution < 1.29 is 14.2 Å². The van der Waals surface area contributed by atoms with Crippen LogP contribution in [0, 0.1) is 0 Å². The van der Waals surface area contributed by atoms with Gasteiger partial charge in [0.1, 0.15) is 18.5 Å². The van der Waals surface area contributed by atoms with E-state index in [-0.39, 0.29) is 6.10 Å². The second kappa shape index (κ2) is 12.8. The summed E-state index contributed by atoms with van der Waals surface area (Å²) >= 11 is 12.8. The van der Waals surface area contributed by atoms with Gasteiger partial charge in [0.05, 0.1) is 24.5 Å². The molecule has 5 aromatic rings. The molecule has 1 aromatic heterocycles. The van der Waals surface area contributed by atoms with Gasteiger partial charge in [-0.1, -0.05) is 90.0 Å². The lowest BCUT2D eigenvalue weighted by Crippen LogP contribution is -2.34.